The number of rotatable bonds is 6. The molecule has 0 fully saturated rings. The van der Waals surface area contributed by atoms with E-state index in [1.165, 1.54) is 28.3 Å². The van der Waals surface area contributed by atoms with Crippen LogP contribution in [0.3, 0.4) is 0 Å². The van der Waals surface area contributed by atoms with Gasteiger partial charge in [-0.2, -0.15) is 0 Å². The zero-order valence-corrected chi connectivity index (χ0v) is 30.9. The molecule has 0 radical (unpaired) electrons. The topological polar surface area (TPSA) is 32.3 Å². The predicted molar refractivity (Wildman–Crippen MR) is 230 cm³/mol. The molecule has 0 spiro atoms. The number of para-hydroxylation sites is 2. The fourth-order valence-corrected chi connectivity index (χ4v) is 9.11. The fourth-order valence-electron chi connectivity index (χ4n) is 9.11. The molecule has 0 N–H and O–H groups in total. The van der Waals surface area contributed by atoms with Gasteiger partial charge in [-0.1, -0.05) is 129 Å². The highest BCUT2D eigenvalue weighted by Gasteiger charge is 2.38. The molecule has 4 nitrogen and oxygen atoms in total. The van der Waals surface area contributed by atoms with E-state index < -0.39 is 0 Å². The zero-order valence-electron chi connectivity index (χ0n) is 30.9. The monoisotopic (exact) mass is 722 g/mol. The molecule has 1 heterocycles. The average molecular weight is 723 g/mol. The van der Waals surface area contributed by atoms with Crippen LogP contribution in [0.25, 0.3) is 54.3 Å². The minimum atomic E-state index is -0.278. The summed E-state index contributed by atoms with van der Waals surface area (Å²) in [7, 11) is 0. The molecule has 1 aliphatic rings. The Bertz CT molecular complexity index is 3150. The number of hydrogen-bond donors (Lipinski definition) is 0. The Hall–Kier alpha value is -7.11. The van der Waals surface area contributed by atoms with Crippen molar-refractivity contribution in [3.63, 3.8) is 0 Å². The second-order valence-corrected chi connectivity index (χ2v) is 15.2. The van der Waals surface area contributed by atoms with Crippen molar-refractivity contribution in [2.24, 2.45) is 0 Å². The van der Waals surface area contributed by atoms with Crippen LogP contribution in [0.4, 0.5) is 38.8 Å². The van der Waals surface area contributed by atoms with Crippen molar-refractivity contribution in [2.45, 2.75) is 19.3 Å². The molecule has 0 bridgehead atoms. The molecule has 1 aliphatic carbocycles. The maximum absolute atomic E-state index is 15.3. The number of halogens is 1. The van der Waals surface area contributed by atoms with Gasteiger partial charge in [0.1, 0.15) is 5.82 Å². The van der Waals surface area contributed by atoms with Crippen LogP contribution in [-0.2, 0) is 5.41 Å². The summed E-state index contributed by atoms with van der Waals surface area (Å²) in [6.07, 6.45) is 1.90. The Labute approximate surface area is 324 Å². The molecule has 9 aromatic carbocycles. The second kappa shape index (κ2) is 12.2. The Morgan fingerprint density at radius 2 is 1.12 bits per heavy atom. The van der Waals surface area contributed by atoms with Gasteiger partial charge in [-0.3, -0.25) is 4.90 Å². The van der Waals surface area contributed by atoms with Crippen LogP contribution in [0.2, 0.25) is 0 Å². The Balaban J connectivity index is 1.18. The number of aromatic nitrogens is 2. The number of anilines is 6. The van der Waals surface area contributed by atoms with Crippen LogP contribution < -0.4 is 9.80 Å². The summed E-state index contributed by atoms with van der Waals surface area (Å²) < 4.78 is 15.3. The van der Waals surface area contributed by atoms with E-state index in [1.54, 1.807) is 12.1 Å². The molecule has 0 unspecified atom stereocenters. The molecule has 0 amide bonds. The van der Waals surface area contributed by atoms with Crippen molar-refractivity contribution in [3.8, 4) is 11.1 Å². The van der Waals surface area contributed by atoms with Gasteiger partial charge in [0, 0.05) is 44.7 Å². The van der Waals surface area contributed by atoms with Gasteiger partial charge in [-0.25, -0.2) is 14.4 Å². The molecular weight excluding hydrogens is 688 g/mol. The highest BCUT2D eigenvalue weighted by Crippen LogP contribution is 2.55. The van der Waals surface area contributed by atoms with Crippen molar-refractivity contribution in [1.29, 1.82) is 0 Å². The summed E-state index contributed by atoms with van der Waals surface area (Å²) in [6, 6.07) is 58.3. The van der Waals surface area contributed by atoms with Gasteiger partial charge in [-0.05, 0) is 92.8 Å². The minimum Gasteiger partial charge on any atom is -0.309 e. The average Bonchev–Trinajstić information content (AvgIpc) is 3.47. The summed E-state index contributed by atoms with van der Waals surface area (Å²) in [5, 5.41) is 7.75. The van der Waals surface area contributed by atoms with Crippen molar-refractivity contribution in [3.05, 3.63) is 193 Å². The molecule has 10 aromatic rings. The second-order valence-electron chi connectivity index (χ2n) is 15.2. The first kappa shape index (κ1) is 32.3. The summed E-state index contributed by atoms with van der Waals surface area (Å²) >= 11 is 0. The predicted octanol–water partition coefficient (Wildman–Crippen LogP) is 13.9. The smallest absolute Gasteiger partial charge is 0.235 e. The first-order chi connectivity index (χ1) is 27.5. The molecule has 0 aliphatic heterocycles. The van der Waals surface area contributed by atoms with E-state index in [2.05, 4.69) is 127 Å². The molecular formula is C51H35FN4. The molecule has 5 heteroatoms. The van der Waals surface area contributed by atoms with Crippen LogP contribution in [0.15, 0.2) is 176 Å². The van der Waals surface area contributed by atoms with Gasteiger partial charge >= 0.3 is 0 Å². The largest absolute Gasteiger partial charge is 0.309 e. The molecule has 266 valence electrons. The standard InChI is InChI=1S/C51H35FN4/c1-51(2)41-18-8-7-17-38(41)49-42(51)19-11-21-46(49)55(37-16-10-13-35(52)30-37)44-28-24-32-23-27-40-45(29-25-33-22-26-39(44)47(32)48(33)40)56(36-14-4-3-5-15-36)50-53-31-34-12-6-9-20-43(34)54-50/h3-31H,1-2H3. The van der Waals surface area contributed by atoms with E-state index in [1.807, 2.05) is 54.7 Å². The van der Waals surface area contributed by atoms with Crippen LogP contribution in [0.5, 0.6) is 0 Å². The highest BCUT2D eigenvalue weighted by atomic mass is 19.1. The third-order valence-corrected chi connectivity index (χ3v) is 11.7. The van der Waals surface area contributed by atoms with E-state index in [0.29, 0.717) is 5.95 Å². The van der Waals surface area contributed by atoms with Gasteiger partial charge in [0.2, 0.25) is 5.95 Å². The maximum Gasteiger partial charge on any atom is 0.235 e. The summed E-state index contributed by atoms with van der Waals surface area (Å²) in [4.78, 5) is 14.4. The van der Waals surface area contributed by atoms with Crippen molar-refractivity contribution >= 4 is 77.6 Å². The van der Waals surface area contributed by atoms with Gasteiger partial charge in [0.25, 0.3) is 0 Å². The number of benzene rings is 9. The Morgan fingerprint density at radius 3 is 1.89 bits per heavy atom. The lowest BCUT2D eigenvalue weighted by molar-refractivity contribution is 0.628. The van der Waals surface area contributed by atoms with Crippen LogP contribution in [-0.4, -0.2) is 9.97 Å². The third-order valence-electron chi connectivity index (χ3n) is 11.7. The lowest BCUT2D eigenvalue weighted by atomic mass is 9.82. The first-order valence-corrected chi connectivity index (χ1v) is 19.0. The molecule has 11 rings (SSSR count). The Morgan fingerprint density at radius 1 is 0.500 bits per heavy atom. The summed E-state index contributed by atoms with van der Waals surface area (Å²) in [5.41, 5.74) is 10.4. The first-order valence-electron chi connectivity index (χ1n) is 19.0. The summed E-state index contributed by atoms with van der Waals surface area (Å²) in [5.74, 6) is 0.323. The van der Waals surface area contributed by atoms with E-state index >= 15 is 4.39 Å². The molecule has 0 saturated carbocycles. The summed E-state index contributed by atoms with van der Waals surface area (Å²) in [6.45, 7) is 4.59. The van der Waals surface area contributed by atoms with E-state index in [4.69, 9.17) is 9.97 Å². The SMILES string of the molecule is CC1(C)c2ccccc2-c2c(N(c3cccc(F)c3)c3ccc4ccc5c(N(c6ccccc6)c6ncc7ccccc7n6)ccc6ccc3c4c65)cccc21. The zero-order chi connectivity index (χ0) is 37.5. The molecule has 1 aromatic heterocycles. The van der Waals surface area contributed by atoms with E-state index in [-0.39, 0.29) is 11.2 Å². The fraction of sp³-hybridized carbons (Fsp3) is 0.0588. The van der Waals surface area contributed by atoms with E-state index in [0.717, 1.165) is 71.7 Å². The lowest BCUT2D eigenvalue weighted by Crippen LogP contribution is -2.16. The molecule has 0 saturated heterocycles. The highest BCUT2D eigenvalue weighted by molar-refractivity contribution is 6.28. The van der Waals surface area contributed by atoms with Crippen molar-refractivity contribution in [2.75, 3.05) is 9.80 Å². The van der Waals surface area contributed by atoms with Crippen LogP contribution in [0, 0.1) is 5.82 Å². The molecule has 0 atom stereocenters. The number of nitrogens with zero attached hydrogens (tertiary/aromatic N) is 4. The van der Waals surface area contributed by atoms with Crippen LogP contribution in [0.1, 0.15) is 25.0 Å². The van der Waals surface area contributed by atoms with Crippen LogP contribution >= 0.6 is 0 Å². The molecule has 56 heavy (non-hydrogen) atoms. The minimum absolute atomic E-state index is 0.187. The number of hydrogen-bond acceptors (Lipinski definition) is 4. The Kier molecular flexibility index (Phi) is 7.05. The normalized spacial score (nSPS) is 13.1. The van der Waals surface area contributed by atoms with Gasteiger partial charge in [-0.15, -0.1) is 0 Å². The van der Waals surface area contributed by atoms with Crippen molar-refractivity contribution < 1.29 is 4.39 Å². The number of fused-ring (bicyclic) bond motifs is 4. The van der Waals surface area contributed by atoms with E-state index in [9.17, 15) is 0 Å². The van der Waals surface area contributed by atoms with Gasteiger partial charge in [0.15, 0.2) is 0 Å². The van der Waals surface area contributed by atoms with Gasteiger partial charge in [0.05, 0.1) is 22.6 Å². The quantitative estimate of drug-likeness (QED) is 0.160. The third kappa shape index (κ3) is 4.77. The lowest BCUT2D eigenvalue weighted by Gasteiger charge is -2.30. The van der Waals surface area contributed by atoms with Crippen molar-refractivity contribution in [1.82, 2.24) is 9.97 Å². The van der Waals surface area contributed by atoms with Gasteiger partial charge < -0.3 is 4.90 Å². The maximum atomic E-state index is 15.3.